The van der Waals surface area contributed by atoms with Crippen LogP contribution in [-0.2, 0) is 4.79 Å². The lowest BCUT2D eigenvalue weighted by Gasteiger charge is -2.56. The minimum Gasteiger partial charge on any atom is -0.273 e. The smallest absolute Gasteiger partial charge is 0.273 e. The molecule has 124 valence electrons. The van der Waals surface area contributed by atoms with Crippen molar-refractivity contribution in [1.29, 1.82) is 0 Å². The number of carbonyl (C=O) groups excluding carboxylic acids is 2. The molecule has 4 aliphatic rings. The molecule has 0 spiro atoms. The molecule has 4 bridgehead atoms. The molecule has 0 unspecified atom stereocenters. The van der Waals surface area contributed by atoms with Gasteiger partial charge in [0.2, 0.25) is 5.91 Å². The van der Waals surface area contributed by atoms with Crippen molar-refractivity contribution in [2.45, 2.75) is 51.9 Å². The van der Waals surface area contributed by atoms with Gasteiger partial charge in [-0.1, -0.05) is 0 Å². The van der Waals surface area contributed by atoms with Crippen molar-refractivity contribution >= 4 is 23.2 Å². The van der Waals surface area contributed by atoms with Crippen LogP contribution in [0.25, 0.3) is 0 Å². The molecule has 4 nitrogen and oxygen atoms in total. The fourth-order valence-electron chi connectivity index (χ4n) is 5.68. The van der Waals surface area contributed by atoms with E-state index >= 15 is 0 Å². The molecule has 0 saturated heterocycles. The zero-order valence-corrected chi connectivity index (χ0v) is 14.4. The van der Waals surface area contributed by atoms with E-state index in [0.717, 1.165) is 23.3 Å². The Morgan fingerprint density at radius 3 is 2.26 bits per heavy atom. The van der Waals surface area contributed by atoms with Crippen LogP contribution in [0.2, 0.25) is 0 Å². The highest BCUT2D eigenvalue weighted by Gasteiger charge is 2.51. The third-order valence-corrected chi connectivity index (χ3v) is 7.10. The summed E-state index contributed by atoms with van der Waals surface area (Å²) in [6.45, 7) is 1.91. The number of rotatable bonds is 3. The molecule has 4 fully saturated rings. The molecule has 0 radical (unpaired) electrons. The SMILES string of the molecule is Cc1ccsc1C(=O)NNC(=O)CC12CC3CC(CC(C3)C1)C2. The molecule has 4 aliphatic carbocycles. The number of thiophene rings is 1. The Labute approximate surface area is 141 Å². The van der Waals surface area contributed by atoms with Crippen LogP contribution in [-0.4, -0.2) is 11.8 Å². The second-order valence-electron chi connectivity index (χ2n) is 8.03. The van der Waals surface area contributed by atoms with Crippen LogP contribution in [0, 0.1) is 30.1 Å². The summed E-state index contributed by atoms with van der Waals surface area (Å²) in [5.74, 6) is 2.29. The van der Waals surface area contributed by atoms with Gasteiger partial charge in [0.25, 0.3) is 5.91 Å². The summed E-state index contributed by atoms with van der Waals surface area (Å²) in [6.07, 6.45) is 8.36. The first-order valence-corrected chi connectivity index (χ1v) is 9.54. The van der Waals surface area contributed by atoms with Crippen molar-refractivity contribution < 1.29 is 9.59 Å². The third-order valence-electron chi connectivity index (χ3n) is 6.08. The van der Waals surface area contributed by atoms with Gasteiger partial charge in [-0.05, 0) is 85.6 Å². The fraction of sp³-hybridized carbons (Fsp3) is 0.667. The number of amides is 2. The van der Waals surface area contributed by atoms with Crippen LogP contribution in [0.5, 0.6) is 0 Å². The molecule has 1 aromatic rings. The van der Waals surface area contributed by atoms with Gasteiger partial charge in [0.15, 0.2) is 0 Å². The van der Waals surface area contributed by atoms with E-state index in [9.17, 15) is 9.59 Å². The summed E-state index contributed by atoms with van der Waals surface area (Å²) in [4.78, 5) is 25.1. The van der Waals surface area contributed by atoms with E-state index in [0.29, 0.717) is 11.3 Å². The van der Waals surface area contributed by atoms with Gasteiger partial charge in [0.05, 0.1) is 4.88 Å². The first-order chi connectivity index (χ1) is 11.0. The Kier molecular flexibility index (Phi) is 3.71. The van der Waals surface area contributed by atoms with Crippen LogP contribution in [0.4, 0.5) is 0 Å². The Morgan fingerprint density at radius 1 is 1.13 bits per heavy atom. The molecule has 2 N–H and O–H groups in total. The molecular weight excluding hydrogens is 308 g/mol. The lowest BCUT2D eigenvalue weighted by Crippen LogP contribution is -2.50. The fourth-order valence-corrected chi connectivity index (χ4v) is 6.50. The number of hydrogen-bond donors (Lipinski definition) is 2. The molecule has 0 aromatic carbocycles. The van der Waals surface area contributed by atoms with Crippen LogP contribution >= 0.6 is 11.3 Å². The minimum absolute atomic E-state index is 0.0329. The molecule has 4 saturated carbocycles. The maximum atomic E-state index is 12.4. The zero-order valence-electron chi connectivity index (χ0n) is 13.6. The van der Waals surface area contributed by atoms with E-state index in [2.05, 4.69) is 10.9 Å². The molecule has 23 heavy (non-hydrogen) atoms. The van der Waals surface area contributed by atoms with Gasteiger partial charge in [-0.15, -0.1) is 11.3 Å². The summed E-state index contributed by atoms with van der Waals surface area (Å²) in [5, 5.41) is 1.89. The molecule has 5 heteroatoms. The monoisotopic (exact) mass is 332 g/mol. The third kappa shape index (κ3) is 2.91. The Hall–Kier alpha value is -1.36. The number of hydrogen-bond acceptors (Lipinski definition) is 3. The van der Waals surface area contributed by atoms with Gasteiger partial charge in [-0.2, -0.15) is 0 Å². The average Bonchev–Trinajstić information content (AvgIpc) is 2.89. The summed E-state index contributed by atoms with van der Waals surface area (Å²) in [6, 6.07) is 1.91. The highest BCUT2D eigenvalue weighted by molar-refractivity contribution is 7.12. The summed E-state index contributed by atoms with van der Waals surface area (Å²) < 4.78 is 0. The molecular formula is C18H24N2O2S. The molecule has 2 amide bonds. The normalized spacial score (nSPS) is 34.4. The Morgan fingerprint density at radius 2 is 1.74 bits per heavy atom. The first kappa shape index (κ1) is 15.2. The largest absolute Gasteiger partial charge is 0.280 e. The number of aryl methyl sites for hydroxylation is 1. The lowest BCUT2D eigenvalue weighted by molar-refractivity contribution is -0.130. The lowest BCUT2D eigenvalue weighted by atomic mass is 9.49. The van der Waals surface area contributed by atoms with Gasteiger partial charge in [-0.3, -0.25) is 20.4 Å². The number of carbonyl (C=O) groups is 2. The highest BCUT2D eigenvalue weighted by Crippen LogP contribution is 2.61. The van der Waals surface area contributed by atoms with E-state index < -0.39 is 0 Å². The first-order valence-electron chi connectivity index (χ1n) is 8.66. The highest BCUT2D eigenvalue weighted by atomic mass is 32.1. The van der Waals surface area contributed by atoms with Gasteiger partial charge < -0.3 is 0 Å². The van der Waals surface area contributed by atoms with Crippen molar-refractivity contribution in [3.8, 4) is 0 Å². The van der Waals surface area contributed by atoms with Crippen molar-refractivity contribution in [1.82, 2.24) is 10.9 Å². The molecule has 1 heterocycles. The number of nitrogens with one attached hydrogen (secondary N) is 2. The van der Waals surface area contributed by atoms with Crippen LogP contribution in [0.1, 0.15) is 60.2 Å². The van der Waals surface area contributed by atoms with E-state index in [1.807, 2.05) is 18.4 Å². The van der Waals surface area contributed by atoms with E-state index in [1.54, 1.807) is 0 Å². The molecule has 5 rings (SSSR count). The van der Waals surface area contributed by atoms with Crippen molar-refractivity contribution in [2.24, 2.45) is 23.2 Å². The van der Waals surface area contributed by atoms with Crippen molar-refractivity contribution in [3.05, 3.63) is 21.9 Å². The second-order valence-corrected chi connectivity index (χ2v) is 8.95. The van der Waals surface area contributed by atoms with Gasteiger partial charge in [0.1, 0.15) is 0 Å². The molecule has 0 atom stereocenters. The predicted octanol–water partition coefficient (Wildman–Crippen LogP) is 3.42. The van der Waals surface area contributed by atoms with E-state index in [-0.39, 0.29) is 17.2 Å². The van der Waals surface area contributed by atoms with E-state index in [1.165, 1.54) is 49.9 Å². The minimum atomic E-state index is -0.212. The van der Waals surface area contributed by atoms with Crippen LogP contribution in [0.15, 0.2) is 11.4 Å². The summed E-state index contributed by atoms with van der Waals surface area (Å²) >= 11 is 1.40. The zero-order chi connectivity index (χ0) is 16.0. The quantitative estimate of drug-likeness (QED) is 0.833. The molecule has 1 aromatic heterocycles. The van der Waals surface area contributed by atoms with Crippen molar-refractivity contribution in [3.63, 3.8) is 0 Å². The van der Waals surface area contributed by atoms with Crippen molar-refractivity contribution in [2.75, 3.05) is 0 Å². The second kappa shape index (κ2) is 5.62. The standard InChI is InChI=1S/C18H24N2O2S/c1-11-2-3-23-16(11)17(22)20-19-15(21)10-18-7-12-4-13(8-18)6-14(5-12)9-18/h2-3,12-14H,4-10H2,1H3,(H,19,21)(H,20,22). The summed E-state index contributed by atoms with van der Waals surface area (Å²) in [7, 11) is 0. The van der Waals surface area contributed by atoms with E-state index in [4.69, 9.17) is 0 Å². The Bertz CT molecular complexity index is 601. The number of hydrazine groups is 1. The maximum absolute atomic E-state index is 12.4. The predicted molar refractivity (Wildman–Crippen MR) is 89.9 cm³/mol. The van der Waals surface area contributed by atoms with Gasteiger partial charge >= 0.3 is 0 Å². The summed E-state index contributed by atoms with van der Waals surface area (Å²) in [5.41, 5.74) is 6.38. The van der Waals surface area contributed by atoms with Crippen LogP contribution in [0.3, 0.4) is 0 Å². The Balaban J connectivity index is 1.34. The molecule has 0 aliphatic heterocycles. The maximum Gasteiger partial charge on any atom is 0.280 e. The van der Waals surface area contributed by atoms with Gasteiger partial charge in [-0.25, -0.2) is 0 Å². The topological polar surface area (TPSA) is 58.2 Å². The van der Waals surface area contributed by atoms with Crippen LogP contribution < -0.4 is 10.9 Å². The average molecular weight is 332 g/mol. The van der Waals surface area contributed by atoms with Gasteiger partial charge in [0, 0.05) is 6.42 Å².